The second-order valence-corrected chi connectivity index (χ2v) is 17.7. The van der Waals surface area contributed by atoms with Crippen LogP contribution in [0.5, 0.6) is 0 Å². The number of aliphatic carboxylic acids is 1. The molecule has 0 unspecified atom stereocenters. The minimum absolute atomic E-state index is 0.0449. The van der Waals surface area contributed by atoms with Crippen molar-refractivity contribution in [3.05, 3.63) is 40.4 Å². The van der Waals surface area contributed by atoms with Gasteiger partial charge < -0.3 is 19.2 Å². The number of rotatable bonds is 10. The van der Waals surface area contributed by atoms with Gasteiger partial charge in [-0.1, -0.05) is 37.4 Å². The highest BCUT2D eigenvalue weighted by atomic mass is 35.5. The molecule has 5 atom stereocenters. The summed E-state index contributed by atoms with van der Waals surface area (Å²) in [5, 5.41) is 12.0. The van der Waals surface area contributed by atoms with Gasteiger partial charge in [0.15, 0.2) is 12.7 Å². The molecular formula is C26H34ClN3O6S2Si. The third-order valence-corrected chi connectivity index (χ3v) is 10.7. The molecule has 0 aromatic carbocycles. The first-order chi connectivity index (χ1) is 18.4. The second-order valence-electron chi connectivity index (χ2n) is 10.8. The molecule has 39 heavy (non-hydrogen) atoms. The van der Waals surface area contributed by atoms with Crippen molar-refractivity contribution in [2.24, 2.45) is 11.8 Å². The van der Waals surface area contributed by atoms with Crippen LogP contribution in [0.1, 0.15) is 26.0 Å². The number of halogens is 1. The van der Waals surface area contributed by atoms with E-state index in [0.29, 0.717) is 22.2 Å². The van der Waals surface area contributed by atoms with Crippen molar-refractivity contribution in [1.82, 2.24) is 14.8 Å². The van der Waals surface area contributed by atoms with E-state index in [0.717, 1.165) is 11.3 Å². The number of hydrogen-bond acceptors (Lipinski definition) is 8. The van der Waals surface area contributed by atoms with Crippen LogP contribution in [0.25, 0.3) is 5.57 Å². The van der Waals surface area contributed by atoms with Crippen LogP contribution in [0.15, 0.2) is 39.1 Å². The van der Waals surface area contributed by atoms with E-state index in [2.05, 4.69) is 26.2 Å². The Morgan fingerprint density at radius 3 is 2.74 bits per heavy atom. The second kappa shape index (κ2) is 11.8. The minimum Gasteiger partial charge on any atom is -0.477 e. The molecule has 212 valence electrons. The Balaban J connectivity index is 1.51. The number of ether oxygens (including phenoxy) is 1. The summed E-state index contributed by atoms with van der Waals surface area (Å²) in [6.45, 7) is 14.2. The third kappa shape index (κ3) is 5.99. The number of hydrogen-bond donors (Lipinski definition) is 1. The van der Waals surface area contributed by atoms with Crippen molar-refractivity contribution in [1.29, 1.82) is 0 Å². The van der Waals surface area contributed by atoms with E-state index in [4.69, 9.17) is 25.7 Å². The standard InChI is InChI=1S/C26H34ClN3O6S2Si/c1-7-10-35-26(34)29-9-8-16(11-17(29)12-27)18-13-37-25(28-18)38-22-14(2)20-19(15(3)36-39(4,5)6)23(31)30(20)21(22)24(32)33/h7-8,13-15,17,19-20H,1,9-12H2,2-6H3,(H,32,33)/t14-,15-,17+,19-,20-/m1/s1. The first kappa shape index (κ1) is 29.8. The maximum Gasteiger partial charge on any atom is 0.410 e. The fourth-order valence-corrected chi connectivity index (χ4v) is 9.06. The lowest BCUT2D eigenvalue weighted by Gasteiger charge is -2.48. The van der Waals surface area contributed by atoms with Crippen molar-refractivity contribution in [3.63, 3.8) is 0 Å². The molecule has 9 nitrogen and oxygen atoms in total. The predicted molar refractivity (Wildman–Crippen MR) is 155 cm³/mol. The lowest BCUT2D eigenvalue weighted by Crippen LogP contribution is -2.64. The van der Waals surface area contributed by atoms with Crippen molar-refractivity contribution in [2.45, 2.75) is 62.4 Å². The molecule has 0 aliphatic carbocycles. The van der Waals surface area contributed by atoms with Gasteiger partial charge in [-0.2, -0.15) is 0 Å². The number of carbonyl (C=O) groups excluding carboxylic acids is 2. The van der Waals surface area contributed by atoms with Gasteiger partial charge >= 0.3 is 12.1 Å². The maximum absolute atomic E-state index is 13.1. The zero-order valence-corrected chi connectivity index (χ0v) is 26.1. The zero-order valence-electron chi connectivity index (χ0n) is 22.7. The molecule has 0 spiro atoms. The van der Waals surface area contributed by atoms with E-state index in [1.54, 1.807) is 4.90 Å². The Hall–Kier alpha value is -2.12. The Morgan fingerprint density at radius 2 is 2.13 bits per heavy atom. The van der Waals surface area contributed by atoms with Crippen LogP contribution in [-0.4, -0.2) is 83.4 Å². The summed E-state index contributed by atoms with van der Waals surface area (Å²) in [6.07, 6.45) is 3.28. The van der Waals surface area contributed by atoms with Gasteiger partial charge in [-0.3, -0.25) is 9.69 Å². The van der Waals surface area contributed by atoms with Gasteiger partial charge in [0.1, 0.15) is 12.3 Å². The smallest absolute Gasteiger partial charge is 0.410 e. The minimum atomic E-state index is -1.88. The largest absolute Gasteiger partial charge is 0.477 e. The van der Waals surface area contributed by atoms with Crippen LogP contribution in [0.2, 0.25) is 19.6 Å². The summed E-state index contributed by atoms with van der Waals surface area (Å²) in [5.41, 5.74) is 1.79. The number of thiazole rings is 1. The van der Waals surface area contributed by atoms with E-state index in [1.807, 2.05) is 25.3 Å². The number of carbonyl (C=O) groups is 3. The Kier molecular flexibility index (Phi) is 9.01. The number of thioether (sulfide) groups is 1. The van der Waals surface area contributed by atoms with Crippen molar-refractivity contribution >= 4 is 66.6 Å². The molecule has 0 saturated carbocycles. The van der Waals surface area contributed by atoms with E-state index in [9.17, 15) is 19.5 Å². The average molecular weight is 612 g/mol. The Morgan fingerprint density at radius 1 is 1.41 bits per heavy atom. The van der Waals surface area contributed by atoms with Gasteiger partial charge in [-0.25, -0.2) is 14.6 Å². The number of β-lactam (4-membered cyclic amide) rings is 1. The van der Waals surface area contributed by atoms with Gasteiger partial charge in [0, 0.05) is 28.6 Å². The van der Waals surface area contributed by atoms with Crippen molar-refractivity contribution in [2.75, 3.05) is 19.0 Å². The molecule has 1 saturated heterocycles. The molecular weight excluding hydrogens is 578 g/mol. The number of carboxylic acids is 1. The lowest BCUT2D eigenvalue weighted by atomic mass is 9.79. The van der Waals surface area contributed by atoms with Gasteiger partial charge in [-0.05, 0) is 38.6 Å². The topological polar surface area (TPSA) is 109 Å². The fraction of sp³-hybridized carbons (Fsp3) is 0.538. The van der Waals surface area contributed by atoms with Crippen LogP contribution in [-0.2, 0) is 18.8 Å². The van der Waals surface area contributed by atoms with Crippen molar-refractivity contribution < 1.29 is 28.7 Å². The van der Waals surface area contributed by atoms with Gasteiger partial charge in [0.05, 0.1) is 29.8 Å². The molecule has 3 aliphatic heterocycles. The first-order valence-corrected chi connectivity index (χ1v) is 18.4. The molecule has 0 bridgehead atoms. The quantitative estimate of drug-likeness (QED) is 0.165. The molecule has 1 aromatic rings. The average Bonchev–Trinajstić information content (AvgIpc) is 3.42. The van der Waals surface area contributed by atoms with Gasteiger partial charge in [0.25, 0.3) is 0 Å². The highest BCUT2D eigenvalue weighted by Gasteiger charge is 2.60. The van der Waals surface area contributed by atoms with E-state index >= 15 is 0 Å². The molecule has 4 heterocycles. The van der Waals surface area contributed by atoms with Crippen LogP contribution < -0.4 is 0 Å². The van der Waals surface area contributed by atoms with Crippen LogP contribution in [0.4, 0.5) is 4.79 Å². The molecule has 0 radical (unpaired) electrons. The summed E-state index contributed by atoms with van der Waals surface area (Å²) in [6, 6.07) is -0.473. The van der Waals surface area contributed by atoms with Crippen LogP contribution >= 0.6 is 34.7 Å². The number of nitrogens with zero attached hydrogens (tertiary/aromatic N) is 3. The predicted octanol–water partition coefficient (Wildman–Crippen LogP) is 5.27. The SMILES string of the molecule is C=CCOC(=O)N1CC=C(c2csc(SC3=C(C(=O)O)N4C(=O)[C@H]([C@@H](C)O[Si](C)(C)C)[C@H]4[C@H]3C)n2)C[C@H]1CCl. The lowest BCUT2D eigenvalue weighted by molar-refractivity contribution is -0.162. The molecule has 2 amide bonds. The number of alkyl halides is 1. The molecule has 13 heteroatoms. The Labute approximate surface area is 243 Å². The molecule has 1 N–H and O–H groups in total. The van der Waals surface area contributed by atoms with E-state index in [1.165, 1.54) is 34.1 Å². The van der Waals surface area contributed by atoms with Crippen LogP contribution in [0, 0.1) is 11.8 Å². The highest BCUT2D eigenvalue weighted by Crippen LogP contribution is 2.53. The molecule has 1 fully saturated rings. The summed E-state index contributed by atoms with van der Waals surface area (Å²) in [5.74, 6) is -1.58. The van der Waals surface area contributed by atoms with Crippen LogP contribution in [0.3, 0.4) is 0 Å². The number of amides is 2. The molecule has 4 rings (SSSR count). The van der Waals surface area contributed by atoms with E-state index < -0.39 is 20.4 Å². The first-order valence-electron chi connectivity index (χ1n) is 12.8. The monoisotopic (exact) mass is 611 g/mol. The fourth-order valence-electron chi connectivity index (χ4n) is 5.41. The highest BCUT2D eigenvalue weighted by molar-refractivity contribution is 8.04. The van der Waals surface area contributed by atoms with Crippen molar-refractivity contribution in [3.8, 4) is 0 Å². The summed E-state index contributed by atoms with van der Waals surface area (Å²) in [7, 11) is -1.88. The maximum atomic E-state index is 13.1. The third-order valence-electron chi connectivity index (χ3n) is 7.01. The van der Waals surface area contributed by atoms with E-state index in [-0.39, 0.29) is 54.1 Å². The number of fused-ring (bicyclic) bond motifs is 1. The Bertz CT molecular complexity index is 1230. The number of carboxylic acid groups (broad SMARTS) is 1. The molecule has 3 aliphatic rings. The normalized spacial score (nSPS) is 25.7. The van der Waals surface area contributed by atoms with Gasteiger partial charge in [-0.15, -0.1) is 22.9 Å². The summed E-state index contributed by atoms with van der Waals surface area (Å²) < 4.78 is 12.1. The molecule has 1 aromatic heterocycles. The zero-order chi connectivity index (χ0) is 28.6. The number of aromatic nitrogens is 1. The summed E-state index contributed by atoms with van der Waals surface area (Å²) >= 11 is 8.92. The van der Waals surface area contributed by atoms with Gasteiger partial charge in [0.2, 0.25) is 5.91 Å². The summed E-state index contributed by atoms with van der Waals surface area (Å²) in [4.78, 5) is 46.2.